The second-order valence-electron chi connectivity index (χ2n) is 4.37. The van der Waals surface area contributed by atoms with E-state index in [0.717, 1.165) is 11.1 Å². The standard InChI is InChI=1S/C14H15BrO2/c1-9-5-10(2)7-11(6-9)8-13(16)12-3-4-17-14(12)15/h3-7,13,16H,8H2,1-2H3. The number of halogens is 1. The lowest BCUT2D eigenvalue weighted by molar-refractivity contribution is 0.176. The molecule has 90 valence electrons. The van der Waals surface area contributed by atoms with E-state index < -0.39 is 6.10 Å². The number of benzene rings is 1. The SMILES string of the molecule is Cc1cc(C)cc(CC(O)c2ccoc2Br)c1. The summed E-state index contributed by atoms with van der Waals surface area (Å²) in [6, 6.07) is 8.12. The van der Waals surface area contributed by atoms with E-state index in [1.807, 2.05) is 0 Å². The van der Waals surface area contributed by atoms with Crippen LogP contribution in [0.5, 0.6) is 0 Å². The molecular weight excluding hydrogens is 280 g/mol. The summed E-state index contributed by atoms with van der Waals surface area (Å²) < 4.78 is 5.73. The van der Waals surface area contributed by atoms with E-state index >= 15 is 0 Å². The third-order valence-corrected chi connectivity index (χ3v) is 3.36. The first-order valence-corrected chi connectivity index (χ1v) is 6.33. The lowest BCUT2D eigenvalue weighted by Gasteiger charge is -2.10. The number of aliphatic hydroxyl groups is 1. The summed E-state index contributed by atoms with van der Waals surface area (Å²) in [5, 5.41) is 10.1. The molecule has 0 bridgehead atoms. The van der Waals surface area contributed by atoms with E-state index in [0.29, 0.717) is 11.1 Å². The van der Waals surface area contributed by atoms with Crippen LogP contribution in [0.4, 0.5) is 0 Å². The highest BCUT2D eigenvalue weighted by Gasteiger charge is 2.14. The molecule has 0 saturated heterocycles. The van der Waals surface area contributed by atoms with E-state index in [4.69, 9.17) is 4.42 Å². The van der Waals surface area contributed by atoms with Crippen molar-refractivity contribution in [2.75, 3.05) is 0 Å². The Morgan fingerprint density at radius 3 is 2.41 bits per heavy atom. The molecule has 0 radical (unpaired) electrons. The molecule has 1 aromatic carbocycles. The van der Waals surface area contributed by atoms with Gasteiger partial charge in [0.15, 0.2) is 4.67 Å². The van der Waals surface area contributed by atoms with Crippen molar-refractivity contribution >= 4 is 15.9 Å². The third kappa shape index (κ3) is 2.99. The summed E-state index contributed by atoms with van der Waals surface area (Å²) >= 11 is 3.28. The quantitative estimate of drug-likeness (QED) is 0.930. The van der Waals surface area contributed by atoms with Gasteiger partial charge in [-0.25, -0.2) is 0 Å². The normalized spacial score (nSPS) is 12.7. The van der Waals surface area contributed by atoms with Crippen molar-refractivity contribution in [3.63, 3.8) is 0 Å². The van der Waals surface area contributed by atoms with Crippen LogP contribution in [0.25, 0.3) is 0 Å². The smallest absolute Gasteiger partial charge is 0.174 e. The van der Waals surface area contributed by atoms with E-state index in [1.54, 1.807) is 12.3 Å². The summed E-state index contributed by atoms with van der Waals surface area (Å²) in [6.45, 7) is 4.13. The molecular formula is C14H15BrO2. The van der Waals surface area contributed by atoms with Gasteiger partial charge in [-0.15, -0.1) is 0 Å². The zero-order chi connectivity index (χ0) is 12.4. The Hall–Kier alpha value is -1.06. The second kappa shape index (κ2) is 5.07. The summed E-state index contributed by atoms with van der Waals surface area (Å²) in [5.74, 6) is 0. The fourth-order valence-electron chi connectivity index (χ4n) is 2.06. The van der Waals surface area contributed by atoms with Crippen LogP contribution in [0.15, 0.2) is 39.6 Å². The minimum absolute atomic E-state index is 0.538. The highest BCUT2D eigenvalue weighted by Crippen LogP contribution is 2.27. The van der Waals surface area contributed by atoms with Gasteiger partial charge in [0.05, 0.1) is 12.4 Å². The molecule has 2 rings (SSSR count). The van der Waals surface area contributed by atoms with Gasteiger partial charge in [0.2, 0.25) is 0 Å². The maximum absolute atomic E-state index is 10.1. The van der Waals surface area contributed by atoms with Crippen molar-refractivity contribution in [1.82, 2.24) is 0 Å². The maximum Gasteiger partial charge on any atom is 0.174 e. The molecule has 0 amide bonds. The molecule has 1 heterocycles. The molecule has 2 nitrogen and oxygen atoms in total. The minimum atomic E-state index is -0.538. The van der Waals surface area contributed by atoms with Gasteiger partial charge in [0.1, 0.15) is 0 Å². The van der Waals surface area contributed by atoms with Gasteiger partial charge in [0.25, 0.3) is 0 Å². The Kier molecular flexibility index (Phi) is 3.69. The molecule has 1 atom stereocenters. The van der Waals surface area contributed by atoms with Crippen LogP contribution in [0.1, 0.15) is 28.4 Å². The van der Waals surface area contributed by atoms with E-state index in [9.17, 15) is 5.11 Å². The van der Waals surface area contributed by atoms with Crippen molar-refractivity contribution in [1.29, 1.82) is 0 Å². The fraction of sp³-hybridized carbons (Fsp3) is 0.286. The lowest BCUT2D eigenvalue weighted by atomic mass is 10.00. The Balaban J connectivity index is 2.18. The fourth-order valence-corrected chi connectivity index (χ4v) is 2.57. The van der Waals surface area contributed by atoms with Gasteiger partial charge in [-0.3, -0.25) is 0 Å². The largest absolute Gasteiger partial charge is 0.457 e. The maximum atomic E-state index is 10.1. The minimum Gasteiger partial charge on any atom is -0.457 e. The lowest BCUT2D eigenvalue weighted by Crippen LogP contribution is -2.01. The van der Waals surface area contributed by atoms with E-state index in [2.05, 4.69) is 48.0 Å². The summed E-state index contributed by atoms with van der Waals surface area (Å²) in [5.41, 5.74) is 4.38. The second-order valence-corrected chi connectivity index (χ2v) is 5.09. The van der Waals surface area contributed by atoms with Crippen LogP contribution in [-0.2, 0) is 6.42 Å². The monoisotopic (exact) mass is 294 g/mol. The molecule has 1 unspecified atom stereocenters. The first kappa shape index (κ1) is 12.4. The van der Waals surface area contributed by atoms with Crippen LogP contribution in [-0.4, -0.2) is 5.11 Å². The van der Waals surface area contributed by atoms with Crippen molar-refractivity contribution in [2.45, 2.75) is 26.4 Å². The molecule has 3 heteroatoms. The zero-order valence-corrected chi connectivity index (χ0v) is 11.5. The van der Waals surface area contributed by atoms with Gasteiger partial charge in [0, 0.05) is 12.0 Å². The van der Waals surface area contributed by atoms with E-state index in [1.165, 1.54) is 11.1 Å². The Labute approximate surface area is 109 Å². The highest BCUT2D eigenvalue weighted by atomic mass is 79.9. The van der Waals surface area contributed by atoms with Crippen molar-refractivity contribution < 1.29 is 9.52 Å². The summed E-state index contributed by atoms with van der Waals surface area (Å²) in [7, 11) is 0. The van der Waals surface area contributed by atoms with Crippen LogP contribution < -0.4 is 0 Å². The molecule has 0 aliphatic carbocycles. The van der Waals surface area contributed by atoms with E-state index in [-0.39, 0.29) is 0 Å². The third-order valence-electron chi connectivity index (χ3n) is 2.72. The molecule has 0 saturated carbocycles. The highest BCUT2D eigenvalue weighted by molar-refractivity contribution is 9.10. The molecule has 2 aromatic rings. The molecule has 17 heavy (non-hydrogen) atoms. The molecule has 1 aromatic heterocycles. The predicted octanol–water partition coefficient (Wildman–Crippen LogP) is 3.94. The predicted molar refractivity (Wildman–Crippen MR) is 71.0 cm³/mol. The number of furan rings is 1. The zero-order valence-electron chi connectivity index (χ0n) is 9.90. The van der Waals surface area contributed by atoms with Gasteiger partial charge in [-0.05, 0) is 41.4 Å². The number of hydrogen-bond acceptors (Lipinski definition) is 2. The van der Waals surface area contributed by atoms with Crippen molar-refractivity contribution in [3.8, 4) is 0 Å². The number of hydrogen-bond donors (Lipinski definition) is 1. The molecule has 0 fully saturated rings. The van der Waals surface area contributed by atoms with Crippen LogP contribution in [0, 0.1) is 13.8 Å². The summed E-state index contributed by atoms with van der Waals surface area (Å²) in [4.78, 5) is 0. The average Bonchev–Trinajstić information content (AvgIpc) is 2.62. The van der Waals surface area contributed by atoms with Crippen molar-refractivity contribution in [3.05, 3.63) is 57.5 Å². The number of aliphatic hydroxyl groups excluding tert-OH is 1. The topological polar surface area (TPSA) is 33.4 Å². The average molecular weight is 295 g/mol. The van der Waals surface area contributed by atoms with Gasteiger partial charge in [-0.1, -0.05) is 29.3 Å². The van der Waals surface area contributed by atoms with Crippen LogP contribution in [0.3, 0.4) is 0 Å². The Morgan fingerprint density at radius 1 is 1.24 bits per heavy atom. The van der Waals surface area contributed by atoms with Gasteiger partial charge in [-0.2, -0.15) is 0 Å². The Morgan fingerprint density at radius 2 is 1.88 bits per heavy atom. The van der Waals surface area contributed by atoms with Gasteiger partial charge < -0.3 is 9.52 Å². The molecule has 0 aliphatic heterocycles. The molecule has 1 N–H and O–H groups in total. The number of rotatable bonds is 3. The van der Waals surface area contributed by atoms with Gasteiger partial charge >= 0.3 is 0 Å². The first-order valence-electron chi connectivity index (χ1n) is 5.54. The van der Waals surface area contributed by atoms with Crippen LogP contribution >= 0.6 is 15.9 Å². The summed E-state index contributed by atoms with van der Waals surface area (Å²) in [6.07, 6.45) is 1.63. The van der Waals surface area contributed by atoms with Crippen molar-refractivity contribution in [2.24, 2.45) is 0 Å². The Bertz CT molecular complexity index is 496. The number of aryl methyl sites for hydroxylation is 2. The molecule has 0 aliphatic rings. The molecule has 0 spiro atoms. The van der Waals surface area contributed by atoms with Crippen LogP contribution in [0.2, 0.25) is 0 Å². The first-order chi connectivity index (χ1) is 8.06.